The molecule has 2 aromatic rings. The van der Waals surface area contributed by atoms with Gasteiger partial charge in [-0.3, -0.25) is 4.79 Å². The maximum absolute atomic E-state index is 12.6. The van der Waals surface area contributed by atoms with E-state index in [9.17, 15) is 4.79 Å². The van der Waals surface area contributed by atoms with Crippen LogP contribution >= 0.6 is 15.9 Å². The van der Waals surface area contributed by atoms with Crippen molar-refractivity contribution in [3.05, 3.63) is 45.4 Å². The van der Waals surface area contributed by atoms with Crippen LogP contribution < -0.4 is 0 Å². The Bertz CT molecular complexity index is 695. The van der Waals surface area contributed by atoms with Gasteiger partial charge in [0, 0.05) is 30.0 Å². The van der Waals surface area contributed by atoms with Crippen molar-refractivity contribution in [2.75, 3.05) is 7.05 Å². The van der Waals surface area contributed by atoms with Crippen molar-refractivity contribution in [1.82, 2.24) is 19.7 Å². The van der Waals surface area contributed by atoms with E-state index in [2.05, 4.69) is 30.7 Å². The monoisotopic (exact) mass is 348 g/mol. The summed E-state index contributed by atoms with van der Waals surface area (Å²) in [4.78, 5) is 14.3. The first-order chi connectivity index (χ1) is 10.1. The summed E-state index contributed by atoms with van der Waals surface area (Å²) in [6.45, 7) is 3.38. The minimum absolute atomic E-state index is 0.00384. The van der Waals surface area contributed by atoms with Crippen LogP contribution in [0.15, 0.2) is 22.7 Å². The third-order valence-corrected chi connectivity index (χ3v) is 4.77. The van der Waals surface area contributed by atoms with E-state index in [4.69, 9.17) is 0 Å². The van der Waals surface area contributed by atoms with Gasteiger partial charge in [0.25, 0.3) is 5.91 Å². The first-order valence-electron chi connectivity index (χ1n) is 6.99. The number of nitrogens with zero attached hydrogens (tertiary/aromatic N) is 4. The fourth-order valence-electron chi connectivity index (χ4n) is 2.66. The molecule has 5 nitrogen and oxygen atoms in total. The zero-order valence-corrected chi connectivity index (χ0v) is 13.7. The van der Waals surface area contributed by atoms with Crippen LogP contribution in [-0.4, -0.2) is 32.6 Å². The molecule has 21 heavy (non-hydrogen) atoms. The number of aryl methyl sites for hydroxylation is 1. The van der Waals surface area contributed by atoms with Crippen molar-refractivity contribution < 1.29 is 4.79 Å². The highest BCUT2D eigenvalue weighted by molar-refractivity contribution is 9.10. The number of amides is 1. The molecule has 0 aliphatic carbocycles. The first kappa shape index (κ1) is 14.3. The Balaban J connectivity index is 1.80. The van der Waals surface area contributed by atoms with Crippen LogP contribution in [0.4, 0.5) is 0 Å². The third-order valence-electron chi connectivity index (χ3n) is 3.91. The van der Waals surface area contributed by atoms with Crippen molar-refractivity contribution in [2.24, 2.45) is 0 Å². The summed E-state index contributed by atoms with van der Waals surface area (Å²) < 4.78 is 3.07. The summed E-state index contributed by atoms with van der Waals surface area (Å²) in [7, 11) is 1.80. The van der Waals surface area contributed by atoms with Gasteiger partial charge in [-0.2, -0.15) is 0 Å². The molecule has 2 heterocycles. The Kier molecular flexibility index (Phi) is 3.80. The molecule has 0 spiro atoms. The molecule has 0 unspecified atom stereocenters. The van der Waals surface area contributed by atoms with Crippen molar-refractivity contribution in [3.63, 3.8) is 0 Å². The Morgan fingerprint density at radius 1 is 1.43 bits per heavy atom. The van der Waals surface area contributed by atoms with Gasteiger partial charge in [0.05, 0.1) is 6.54 Å². The minimum Gasteiger partial charge on any atom is -0.334 e. The molecule has 1 aromatic heterocycles. The van der Waals surface area contributed by atoms with E-state index in [0.717, 1.165) is 41.1 Å². The summed E-state index contributed by atoms with van der Waals surface area (Å²) in [6, 6.07) is 5.68. The number of halogens is 1. The lowest BCUT2D eigenvalue weighted by molar-refractivity contribution is 0.0779. The zero-order valence-electron chi connectivity index (χ0n) is 12.1. The Morgan fingerprint density at radius 3 is 3.05 bits per heavy atom. The maximum atomic E-state index is 12.6. The smallest absolute Gasteiger partial charge is 0.254 e. The molecule has 0 fully saturated rings. The highest BCUT2D eigenvalue weighted by Gasteiger charge is 2.21. The van der Waals surface area contributed by atoms with Crippen LogP contribution in [0.2, 0.25) is 0 Å². The normalized spacial score (nSPS) is 13.3. The SMILES string of the molecule is Cc1c(Br)cccc1C(=O)N(C)Cc1nnc2n1CCC2. The second-order valence-electron chi connectivity index (χ2n) is 5.36. The van der Waals surface area contributed by atoms with E-state index in [1.807, 2.05) is 25.1 Å². The minimum atomic E-state index is 0.00384. The molecular weight excluding hydrogens is 332 g/mol. The molecule has 1 amide bonds. The lowest BCUT2D eigenvalue weighted by Gasteiger charge is -2.18. The van der Waals surface area contributed by atoms with Crippen molar-refractivity contribution >= 4 is 21.8 Å². The van der Waals surface area contributed by atoms with E-state index in [-0.39, 0.29) is 5.91 Å². The van der Waals surface area contributed by atoms with Crippen LogP contribution in [0.3, 0.4) is 0 Å². The van der Waals surface area contributed by atoms with E-state index in [1.165, 1.54) is 0 Å². The number of carbonyl (C=O) groups is 1. The summed E-state index contributed by atoms with van der Waals surface area (Å²) in [5, 5.41) is 8.38. The number of hydrogen-bond acceptors (Lipinski definition) is 3. The van der Waals surface area contributed by atoms with Crippen molar-refractivity contribution in [1.29, 1.82) is 0 Å². The molecule has 1 aromatic carbocycles. The van der Waals surface area contributed by atoms with Crippen molar-refractivity contribution in [2.45, 2.75) is 32.9 Å². The average molecular weight is 349 g/mol. The highest BCUT2D eigenvalue weighted by Crippen LogP contribution is 2.21. The quantitative estimate of drug-likeness (QED) is 0.856. The fraction of sp³-hybridized carbons (Fsp3) is 0.400. The number of benzene rings is 1. The Morgan fingerprint density at radius 2 is 2.24 bits per heavy atom. The van der Waals surface area contributed by atoms with Gasteiger partial charge in [0.15, 0.2) is 5.82 Å². The summed E-state index contributed by atoms with van der Waals surface area (Å²) in [6.07, 6.45) is 2.09. The Labute approximate surface area is 132 Å². The van der Waals surface area contributed by atoms with Gasteiger partial charge in [-0.1, -0.05) is 22.0 Å². The number of aromatic nitrogens is 3. The summed E-state index contributed by atoms with van der Waals surface area (Å²) in [5.41, 5.74) is 1.67. The Hall–Kier alpha value is -1.69. The van der Waals surface area contributed by atoms with E-state index < -0.39 is 0 Å². The van der Waals surface area contributed by atoms with E-state index >= 15 is 0 Å². The molecule has 1 aliphatic rings. The van der Waals surface area contributed by atoms with E-state index in [0.29, 0.717) is 12.1 Å². The van der Waals surface area contributed by atoms with Crippen molar-refractivity contribution in [3.8, 4) is 0 Å². The number of fused-ring (bicyclic) bond motifs is 1. The predicted octanol–water partition coefficient (Wildman–Crippen LogP) is 2.57. The first-order valence-corrected chi connectivity index (χ1v) is 7.78. The standard InChI is InChI=1S/C15H17BrN4O/c1-10-11(5-3-6-12(10)16)15(21)19(2)9-14-18-17-13-7-4-8-20(13)14/h3,5-6H,4,7-9H2,1-2H3. The largest absolute Gasteiger partial charge is 0.334 e. The molecule has 1 aliphatic heterocycles. The van der Waals surface area contributed by atoms with Gasteiger partial charge in [-0.15, -0.1) is 10.2 Å². The molecule has 0 saturated heterocycles. The second-order valence-corrected chi connectivity index (χ2v) is 6.22. The second kappa shape index (κ2) is 5.60. The molecule has 0 saturated carbocycles. The lowest BCUT2D eigenvalue weighted by Crippen LogP contribution is -2.28. The van der Waals surface area contributed by atoms with Gasteiger partial charge in [-0.25, -0.2) is 0 Å². The van der Waals surface area contributed by atoms with Gasteiger partial charge < -0.3 is 9.47 Å². The molecule has 3 rings (SSSR count). The van der Waals surface area contributed by atoms with Crippen LogP contribution in [0.1, 0.15) is 34.0 Å². The summed E-state index contributed by atoms with van der Waals surface area (Å²) in [5.74, 6) is 1.90. The van der Waals surface area contributed by atoms with Gasteiger partial charge in [0.1, 0.15) is 5.82 Å². The number of carbonyl (C=O) groups excluding carboxylic acids is 1. The molecule has 0 atom stereocenters. The molecule has 0 N–H and O–H groups in total. The lowest BCUT2D eigenvalue weighted by atomic mass is 10.1. The third kappa shape index (κ3) is 2.60. The molecule has 6 heteroatoms. The number of rotatable bonds is 3. The van der Waals surface area contributed by atoms with Gasteiger partial charge >= 0.3 is 0 Å². The van der Waals surface area contributed by atoms with Crippen LogP contribution in [0, 0.1) is 6.92 Å². The summed E-state index contributed by atoms with van der Waals surface area (Å²) >= 11 is 3.47. The molecule has 0 bridgehead atoms. The average Bonchev–Trinajstić information content (AvgIpc) is 3.06. The van der Waals surface area contributed by atoms with E-state index in [1.54, 1.807) is 11.9 Å². The van der Waals surface area contributed by atoms with Gasteiger partial charge in [0.2, 0.25) is 0 Å². The molecular formula is C15H17BrN4O. The maximum Gasteiger partial charge on any atom is 0.254 e. The highest BCUT2D eigenvalue weighted by atomic mass is 79.9. The van der Waals surface area contributed by atoms with Crippen LogP contribution in [-0.2, 0) is 19.5 Å². The van der Waals surface area contributed by atoms with Gasteiger partial charge in [-0.05, 0) is 31.0 Å². The topological polar surface area (TPSA) is 51.0 Å². The predicted molar refractivity (Wildman–Crippen MR) is 83.0 cm³/mol. The zero-order chi connectivity index (χ0) is 15.0. The molecule has 110 valence electrons. The van der Waals surface area contributed by atoms with Crippen LogP contribution in [0.5, 0.6) is 0 Å². The molecule has 0 radical (unpaired) electrons. The number of hydrogen-bond donors (Lipinski definition) is 0. The fourth-order valence-corrected chi connectivity index (χ4v) is 3.02. The van der Waals surface area contributed by atoms with Crippen LogP contribution in [0.25, 0.3) is 0 Å².